The number of nitrogens with zero attached hydrogens (tertiary/aromatic N) is 3. The van der Waals surface area contributed by atoms with E-state index in [1.165, 1.54) is 20.8 Å². The van der Waals surface area contributed by atoms with E-state index in [0.717, 1.165) is 54.7 Å². The Bertz CT molecular complexity index is 2010. The van der Waals surface area contributed by atoms with E-state index in [0.29, 0.717) is 57.4 Å². The molecule has 324 valence electrons. The van der Waals surface area contributed by atoms with Gasteiger partial charge in [0.25, 0.3) is 0 Å². The van der Waals surface area contributed by atoms with Crippen LogP contribution in [0.5, 0.6) is 0 Å². The van der Waals surface area contributed by atoms with Crippen LogP contribution in [-0.4, -0.2) is 94.5 Å². The van der Waals surface area contributed by atoms with E-state index < -0.39 is 41.8 Å². The lowest BCUT2D eigenvalue weighted by Gasteiger charge is -2.30. The normalized spacial score (nSPS) is 22.4. The summed E-state index contributed by atoms with van der Waals surface area (Å²) >= 11 is -2.58. The molecule has 1 aromatic heterocycles. The molecule has 1 saturated heterocycles. The number of unbranched alkanes of at least 4 members (excludes halogenated alkanes) is 1. The molecule has 2 heterocycles. The zero-order valence-corrected chi connectivity index (χ0v) is 35.9. The van der Waals surface area contributed by atoms with Gasteiger partial charge in [0.2, 0.25) is 0 Å². The standard InChI is InChI=1S/C48H64N4O7S/c1-34-17-18-37(32-51-27-25-40(33-51)50-45-15-10-13-39-31-49-26-23-42(39)45)29-38(34)24-28-52(60(57)58)35(2)59-48(56)16-9-4-3-8-14-43-44(47(55)30-46(43)54)22-21-41(53)20-19-36-11-6-5-7-12-36/h3,5-8,10-13,15,17-18,23,26,29,31,35,40-41,43-44,46-47,50,53-55H,4,9,14,16,19-22,24-25,27-28,30,32-33H2,1-2H3,(H,57,58)/p-1/b8-3-/t35?,40-,41+,43-,44-,46+,47-/m1/s1. The number of aryl methyl sites for hydroxylation is 2. The highest BCUT2D eigenvalue weighted by atomic mass is 32.2. The number of hydrogen-bond acceptors (Lipinski definition) is 10. The molecule has 2 unspecified atom stereocenters. The Morgan fingerprint density at radius 1 is 1.03 bits per heavy atom. The highest BCUT2D eigenvalue weighted by Crippen LogP contribution is 2.38. The maximum Gasteiger partial charge on any atom is 0.307 e. The van der Waals surface area contributed by atoms with Crippen molar-refractivity contribution in [1.29, 1.82) is 0 Å². The van der Waals surface area contributed by atoms with Crippen molar-refractivity contribution in [2.24, 2.45) is 11.8 Å². The van der Waals surface area contributed by atoms with Crippen LogP contribution in [0, 0.1) is 18.8 Å². The fraction of sp³-hybridized carbons (Fsp3) is 0.500. The number of hydrogen-bond donors (Lipinski definition) is 4. The summed E-state index contributed by atoms with van der Waals surface area (Å²) in [5.74, 6) is -0.628. The minimum Gasteiger partial charge on any atom is -0.759 e. The Morgan fingerprint density at radius 3 is 2.67 bits per heavy atom. The summed E-state index contributed by atoms with van der Waals surface area (Å²) in [5, 5.41) is 38.0. The third-order valence-corrected chi connectivity index (χ3v) is 13.3. The molecule has 1 saturated carbocycles. The van der Waals surface area contributed by atoms with Crippen LogP contribution in [0.1, 0.15) is 87.0 Å². The van der Waals surface area contributed by atoms with Crippen molar-refractivity contribution in [3.8, 4) is 0 Å². The number of aromatic nitrogens is 1. The van der Waals surface area contributed by atoms with Crippen molar-refractivity contribution >= 4 is 33.7 Å². The van der Waals surface area contributed by atoms with Crippen molar-refractivity contribution in [3.05, 3.63) is 120 Å². The fourth-order valence-corrected chi connectivity index (χ4v) is 9.50. The SMILES string of the molecule is Cc1ccc(CN2CC[C@@H](Nc3cccc4cnccc34)C2)cc1CCN(C(C)OC(=O)CCC/C=C\C[C@@H]1[C@@H](CC[C@@H](O)CCc2ccccc2)[C@H](O)C[C@@H]1O)S(=O)[O-]. The molecule has 11 nitrogen and oxygen atoms in total. The fourth-order valence-electron chi connectivity index (χ4n) is 8.98. The van der Waals surface area contributed by atoms with Crippen LogP contribution in [0.2, 0.25) is 0 Å². The topological polar surface area (TPSA) is 159 Å². The third-order valence-electron chi connectivity index (χ3n) is 12.4. The Morgan fingerprint density at radius 2 is 1.85 bits per heavy atom. The number of ether oxygens (including phenoxy) is 1. The van der Waals surface area contributed by atoms with Crippen LogP contribution in [-0.2, 0) is 40.2 Å². The van der Waals surface area contributed by atoms with Gasteiger partial charge in [0.05, 0.1) is 18.3 Å². The van der Waals surface area contributed by atoms with E-state index in [9.17, 15) is 28.9 Å². The smallest absolute Gasteiger partial charge is 0.307 e. The van der Waals surface area contributed by atoms with Crippen LogP contribution < -0.4 is 5.32 Å². The number of likely N-dealkylation sites (tertiary alicyclic amines) is 1. The van der Waals surface area contributed by atoms with Gasteiger partial charge in [-0.2, -0.15) is 4.31 Å². The van der Waals surface area contributed by atoms with Crippen LogP contribution in [0.4, 0.5) is 5.69 Å². The van der Waals surface area contributed by atoms with E-state index >= 15 is 0 Å². The monoisotopic (exact) mass is 839 g/mol. The second kappa shape index (κ2) is 22.7. The quantitative estimate of drug-likeness (QED) is 0.0214. The summed E-state index contributed by atoms with van der Waals surface area (Å²) < 4.78 is 31.3. The molecule has 0 radical (unpaired) electrons. The van der Waals surface area contributed by atoms with Gasteiger partial charge in [-0.3, -0.25) is 18.9 Å². The molecule has 8 atom stereocenters. The van der Waals surface area contributed by atoms with Gasteiger partial charge < -0.3 is 29.9 Å². The predicted octanol–water partition coefficient (Wildman–Crippen LogP) is 7.01. The van der Waals surface area contributed by atoms with Gasteiger partial charge in [-0.1, -0.05) is 72.8 Å². The van der Waals surface area contributed by atoms with Crippen molar-refractivity contribution in [3.63, 3.8) is 0 Å². The third kappa shape index (κ3) is 13.2. The second-order valence-corrected chi connectivity index (χ2v) is 17.7. The molecule has 0 amide bonds. The van der Waals surface area contributed by atoms with E-state index in [1.54, 1.807) is 6.92 Å². The highest BCUT2D eigenvalue weighted by molar-refractivity contribution is 7.76. The Balaban J connectivity index is 0.894. The number of benzene rings is 3. The first-order valence-electron chi connectivity index (χ1n) is 21.7. The molecular weight excluding hydrogens is 777 g/mol. The largest absolute Gasteiger partial charge is 0.759 e. The number of carbonyl (C=O) groups excluding carboxylic acids is 1. The predicted molar refractivity (Wildman–Crippen MR) is 236 cm³/mol. The molecule has 2 aliphatic rings. The van der Waals surface area contributed by atoms with Gasteiger partial charge in [-0.05, 0) is 124 Å². The number of fused-ring (bicyclic) bond motifs is 1. The van der Waals surface area contributed by atoms with Crippen molar-refractivity contribution in [1.82, 2.24) is 14.2 Å². The molecular formula is C48H63N4O7S-. The summed E-state index contributed by atoms with van der Waals surface area (Å²) in [6.07, 6.45) is 11.6. The maximum absolute atomic E-state index is 12.8. The lowest BCUT2D eigenvalue weighted by atomic mass is 9.85. The zero-order chi connectivity index (χ0) is 42.4. The molecule has 60 heavy (non-hydrogen) atoms. The van der Waals surface area contributed by atoms with E-state index in [2.05, 4.69) is 63.7 Å². The average Bonchev–Trinajstić information content (AvgIpc) is 3.79. The molecule has 3 aromatic carbocycles. The molecule has 0 spiro atoms. The summed E-state index contributed by atoms with van der Waals surface area (Å²) in [4.78, 5) is 19.4. The number of anilines is 1. The molecule has 1 aliphatic carbocycles. The maximum atomic E-state index is 12.8. The number of nitrogens with one attached hydrogen (secondary N) is 1. The zero-order valence-electron chi connectivity index (χ0n) is 35.1. The average molecular weight is 840 g/mol. The molecule has 1 aliphatic heterocycles. The van der Waals surface area contributed by atoms with Gasteiger partial charge in [0.1, 0.15) is 0 Å². The number of allylic oxidation sites excluding steroid dienone is 2. The second-order valence-electron chi connectivity index (χ2n) is 16.8. The molecule has 4 aromatic rings. The van der Waals surface area contributed by atoms with Gasteiger partial charge in [0, 0.05) is 78.8 Å². The van der Waals surface area contributed by atoms with Crippen LogP contribution in [0.15, 0.2) is 97.3 Å². The van der Waals surface area contributed by atoms with Crippen LogP contribution in [0.25, 0.3) is 10.8 Å². The van der Waals surface area contributed by atoms with Crippen LogP contribution >= 0.6 is 0 Å². The van der Waals surface area contributed by atoms with Crippen molar-refractivity contribution in [2.75, 3.05) is 25.0 Å². The van der Waals surface area contributed by atoms with Crippen molar-refractivity contribution in [2.45, 2.75) is 122 Å². The summed E-state index contributed by atoms with van der Waals surface area (Å²) in [6.45, 7) is 6.51. The Labute approximate surface area is 358 Å². The number of esters is 1. The van der Waals surface area contributed by atoms with Gasteiger partial charge >= 0.3 is 5.97 Å². The lowest BCUT2D eigenvalue weighted by Crippen LogP contribution is -2.39. The molecule has 0 bridgehead atoms. The molecule has 12 heteroatoms. The number of carbonyl (C=O) groups is 1. The number of rotatable bonds is 22. The summed E-state index contributed by atoms with van der Waals surface area (Å²) in [6, 6.07) is 25.1. The van der Waals surface area contributed by atoms with Crippen LogP contribution in [0.3, 0.4) is 0 Å². The first-order chi connectivity index (χ1) is 29.0. The van der Waals surface area contributed by atoms with E-state index in [-0.39, 0.29) is 24.8 Å². The minimum atomic E-state index is -2.58. The van der Waals surface area contributed by atoms with Gasteiger partial charge in [-0.15, -0.1) is 0 Å². The first-order valence-corrected chi connectivity index (χ1v) is 22.8. The molecule has 2 fully saturated rings. The minimum absolute atomic E-state index is 0.0820. The van der Waals surface area contributed by atoms with Crippen molar-refractivity contribution < 1.29 is 33.6 Å². The molecule has 4 N–H and O–H groups in total. The molecule has 6 rings (SSSR count). The number of aliphatic hydroxyl groups is 3. The van der Waals surface area contributed by atoms with E-state index in [4.69, 9.17) is 4.74 Å². The van der Waals surface area contributed by atoms with Gasteiger partial charge in [0.15, 0.2) is 6.23 Å². The van der Waals surface area contributed by atoms with E-state index in [1.807, 2.05) is 55.7 Å². The Kier molecular flexibility index (Phi) is 17.2. The first kappa shape index (κ1) is 45.5. The summed E-state index contributed by atoms with van der Waals surface area (Å²) in [5.41, 5.74) is 5.64. The Hall–Kier alpha value is -4.01. The summed E-state index contributed by atoms with van der Waals surface area (Å²) in [7, 11) is 0. The van der Waals surface area contributed by atoms with Gasteiger partial charge in [-0.25, -0.2) is 0 Å². The number of aliphatic hydroxyl groups excluding tert-OH is 3. The highest BCUT2D eigenvalue weighted by Gasteiger charge is 2.40. The lowest BCUT2D eigenvalue weighted by molar-refractivity contribution is -0.153. The number of pyridine rings is 1.